The molecule has 5 aliphatic rings. The molecule has 0 radical (unpaired) electrons. The van der Waals surface area contributed by atoms with Crippen LogP contribution in [0.2, 0.25) is 0 Å². The molecule has 0 aromatic carbocycles. The molecule has 0 aromatic heterocycles. The first-order valence-corrected chi connectivity index (χ1v) is 8.43. The van der Waals surface area contributed by atoms with E-state index >= 15 is 0 Å². The predicted molar refractivity (Wildman–Crippen MR) is 85.6 cm³/mol. The van der Waals surface area contributed by atoms with Gasteiger partial charge in [-0.15, -0.1) is 0 Å². The first-order chi connectivity index (χ1) is 10.8. The summed E-state index contributed by atoms with van der Waals surface area (Å²) in [5.41, 5.74) is 6.36. The van der Waals surface area contributed by atoms with Crippen molar-refractivity contribution in [1.29, 1.82) is 0 Å². The lowest BCUT2D eigenvalue weighted by Crippen LogP contribution is -2.34. The number of hydrogen-bond donors (Lipinski definition) is 1. The first kappa shape index (κ1) is 12.5. The van der Waals surface area contributed by atoms with Gasteiger partial charge in [0.05, 0.1) is 6.04 Å². The Morgan fingerprint density at radius 2 is 2.23 bits per heavy atom. The van der Waals surface area contributed by atoms with E-state index in [-0.39, 0.29) is 5.78 Å². The lowest BCUT2D eigenvalue weighted by molar-refractivity contribution is -0.111. The largest absolute Gasteiger partial charge is 0.387 e. The van der Waals surface area contributed by atoms with Crippen LogP contribution in [0.25, 0.3) is 0 Å². The van der Waals surface area contributed by atoms with Gasteiger partial charge in [-0.25, -0.2) is 0 Å². The molecule has 1 saturated heterocycles. The monoisotopic (exact) mass is 292 g/mol. The summed E-state index contributed by atoms with van der Waals surface area (Å²) in [6.45, 7) is 0.889. The van der Waals surface area contributed by atoms with Gasteiger partial charge in [0.2, 0.25) is 0 Å². The standard InChI is InChI=1S/C19H20N2O/c22-18-10-12-4-1-2-7-16(12)21-17-8-9-20-11-15(17)13-5-3-6-14(18)19(13)21/h1,4,8,10-11,13,16,20H,2-3,5-7,9H2. The lowest BCUT2D eigenvalue weighted by Gasteiger charge is -2.35. The van der Waals surface area contributed by atoms with E-state index in [4.69, 9.17) is 0 Å². The molecule has 5 rings (SSSR count). The van der Waals surface area contributed by atoms with Crippen LogP contribution in [0.5, 0.6) is 0 Å². The molecule has 3 heterocycles. The quantitative estimate of drug-likeness (QED) is 0.745. The Hall–Kier alpha value is -2.03. The van der Waals surface area contributed by atoms with Gasteiger partial charge in [-0.2, -0.15) is 0 Å². The first-order valence-electron chi connectivity index (χ1n) is 8.43. The molecule has 0 aromatic rings. The van der Waals surface area contributed by atoms with Crippen molar-refractivity contribution in [1.82, 2.24) is 10.2 Å². The van der Waals surface area contributed by atoms with Crippen molar-refractivity contribution in [2.45, 2.75) is 38.1 Å². The molecular formula is C19H20N2O. The fourth-order valence-electron chi connectivity index (χ4n) is 4.73. The maximum absolute atomic E-state index is 12.8. The van der Waals surface area contributed by atoms with E-state index in [0.29, 0.717) is 12.0 Å². The Kier molecular flexibility index (Phi) is 2.55. The predicted octanol–water partition coefficient (Wildman–Crippen LogP) is 2.95. The number of fused-ring (bicyclic) bond motifs is 5. The van der Waals surface area contributed by atoms with E-state index in [1.165, 1.54) is 29.0 Å². The van der Waals surface area contributed by atoms with E-state index < -0.39 is 0 Å². The van der Waals surface area contributed by atoms with Gasteiger partial charge in [0.15, 0.2) is 5.78 Å². The highest BCUT2D eigenvalue weighted by Crippen LogP contribution is 2.52. The molecule has 112 valence electrons. The number of nitrogens with one attached hydrogen (secondary N) is 1. The van der Waals surface area contributed by atoms with Gasteiger partial charge in [-0.3, -0.25) is 4.79 Å². The molecule has 0 bridgehead atoms. The average molecular weight is 292 g/mol. The molecule has 3 heteroatoms. The molecule has 2 unspecified atom stereocenters. The summed E-state index contributed by atoms with van der Waals surface area (Å²) in [6, 6.07) is 0.345. The van der Waals surface area contributed by atoms with Gasteiger partial charge in [-0.1, -0.05) is 12.2 Å². The second-order valence-electron chi connectivity index (χ2n) is 6.78. The number of allylic oxidation sites excluding steroid dienone is 5. The number of ketones is 1. The molecule has 0 amide bonds. The zero-order valence-electron chi connectivity index (χ0n) is 12.6. The summed E-state index contributed by atoms with van der Waals surface area (Å²) in [6.07, 6.45) is 16.2. The van der Waals surface area contributed by atoms with Gasteiger partial charge in [-0.05, 0) is 49.8 Å². The van der Waals surface area contributed by atoms with Gasteiger partial charge in [0, 0.05) is 41.2 Å². The van der Waals surface area contributed by atoms with Crippen LogP contribution in [0.15, 0.2) is 58.6 Å². The Balaban J connectivity index is 1.77. The van der Waals surface area contributed by atoms with E-state index in [1.807, 2.05) is 6.08 Å². The maximum Gasteiger partial charge on any atom is 0.183 e. The third kappa shape index (κ3) is 1.54. The summed E-state index contributed by atoms with van der Waals surface area (Å²) in [5.74, 6) is 0.673. The molecule has 1 N–H and O–H groups in total. The molecule has 0 spiro atoms. The van der Waals surface area contributed by atoms with Crippen molar-refractivity contribution in [3.63, 3.8) is 0 Å². The highest BCUT2D eigenvalue weighted by molar-refractivity contribution is 6.06. The number of rotatable bonds is 0. The second kappa shape index (κ2) is 4.48. The van der Waals surface area contributed by atoms with E-state index in [9.17, 15) is 4.79 Å². The summed E-state index contributed by atoms with van der Waals surface area (Å²) in [4.78, 5) is 15.3. The summed E-state index contributed by atoms with van der Waals surface area (Å²) in [7, 11) is 0. The van der Waals surface area contributed by atoms with Crippen LogP contribution in [-0.4, -0.2) is 23.3 Å². The maximum atomic E-state index is 12.8. The molecule has 0 saturated carbocycles. The lowest BCUT2D eigenvalue weighted by atomic mass is 9.83. The molecule has 22 heavy (non-hydrogen) atoms. The van der Waals surface area contributed by atoms with Crippen molar-refractivity contribution in [2.24, 2.45) is 5.92 Å². The average Bonchev–Trinajstić information content (AvgIpc) is 2.83. The van der Waals surface area contributed by atoms with Crippen LogP contribution in [0, 0.1) is 5.92 Å². The number of carbonyl (C=O) groups is 1. The highest BCUT2D eigenvalue weighted by atomic mass is 16.1. The van der Waals surface area contributed by atoms with Gasteiger partial charge < -0.3 is 10.2 Å². The van der Waals surface area contributed by atoms with Gasteiger partial charge in [0.1, 0.15) is 0 Å². The van der Waals surface area contributed by atoms with Crippen LogP contribution >= 0.6 is 0 Å². The molecule has 1 fully saturated rings. The minimum atomic E-state index is 0.251. The Morgan fingerprint density at radius 1 is 1.27 bits per heavy atom. The Morgan fingerprint density at radius 3 is 3.18 bits per heavy atom. The van der Waals surface area contributed by atoms with Crippen LogP contribution < -0.4 is 5.32 Å². The van der Waals surface area contributed by atoms with E-state index in [0.717, 1.165) is 37.8 Å². The Bertz CT molecular complexity index is 720. The smallest absolute Gasteiger partial charge is 0.183 e. The summed E-state index contributed by atoms with van der Waals surface area (Å²) < 4.78 is 0. The molecule has 2 aliphatic carbocycles. The topological polar surface area (TPSA) is 32.3 Å². The molecule has 3 nitrogen and oxygen atoms in total. The van der Waals surface area contributed by atoms with Gasteiger partial charge >= 0.3 is 0 Å². The number of carbonyl (C=O) groups excluding carboxylic acids is 1. The highest BCUT2D eigenvalue weighted by Gasteiger charge is 2.46. The number of dihydropyridines is 1. The van der Waals surface area contributed by atoms with E-state index in [1.54, 1.807) is 0 Å². The van der Waals surface area contributed by atoms with Gasteiger partial charge in [0.25, 0.3) is 0 Å². The van der Waals surface area contributed by atoms with Crippen LogP contribution in [0.1, 0.15) is 32.1 Å². The van der Waals surface area contributed by atoms with Crippen LogP contribution in [0.4, 0.5) is 0 Å². The van der Waals surface area contributed by atoms with Crippen LogP contribution in [-0.2, 0) is 4.79 Å². The SMILES string of the molecule is O=C1C=C2C=CCCC2N2C3=CCNC=C3C3CCCC1=C32. The Labute approximate surface area is 130 Å². The van der Waals surface area contributed by atoms with Crippen molar-refractivity contribution in [3.05, 3.63) is 58.6 Å². The fraction of sp³-hybridized carbons (Fsp3) is 0.421. The second-order valence-corrected chi connectivity index (χ2v) is 6.78. The van der Waals surface area contributed by atoms with Crippen molar-refractivity contribution in [2.75, 3.05) is 6.54 Å². The summed E-state index contributed by atoms with van der Waals surface area (Å²) >= 11 is 0. The molecule has 3 aliphatic heterocycles. The zero-order chi connectivity index (χ0) is 14.7. The molecular weight excluding hydrogens is 272 g/mol. The minimum Gasteiger partial charge on any atom is -0.387 e. The summed E-state index contributed by atoms with van der Waals surface area (Å²) in [5, 5.41) is 3.37. The number of hydrogen-bond acceptors (Lipinski definition) is 3. The fourth-order valence-corrected chi connectivity index (χ4v) is 4.73. The zero-order valence-corrected chi connectivity index (χ0v) is 12.6. The normalized spacial score (nSPS) is 32.3. The van der Waals surface area contributed by atoms with E-state index in [2.05, 4.69) is 34.6 Å². The van der Waals surface area contributed by atoms with Crippen molar-refractivity contribution in [3.8, 4) is 0 Å². The number of nitrogens with zero attached hydrogens (tertiary/aromatic N) is 1. The minimum absolute atomic E-state index is 0.251. The third-order valence-electron chi connectivity index (χ3n) is 5.63. The van der Waals surface area contributed by atoms with Crippen molar-refractivity contribution >= 4 is 5.78 Å². The molecule has 2 atom stereocenters. The third-order valence-corrected chi connectivity index (χ3v) is 5.63. The van der Waals surface area contributed by atoms with Crippen molar-refractivity contribution < 1.29 is 4.79 Å². The van der Waals surface area contributed by atoms with Crippen LogP contribution in [0.3, 0.4) is 0 Å².